The highest BCUT2D eigenvalue weighted by atomic mass is 16.2. The number of hydrogen-bond acceptors (Lipinski definition) is 4. The molecule has 3 amide bonds. The maximum absolute atomic E-state index is 12.9. The van der Waals surface area contributed by atoms with Gasteiger partial charge in [-0.25, -0.2) is 0 Å². The summed E-state index contributed by atoms with van der Waals surface area (Å²) in [5.41, 5.74) is 0.986. The molecular weight excluding hydrogens is 344 g/mol. The van der Waals surface area contributed by atoms with Gasteiger partial charge in [0.05, 0.1) is 0 Å². The Hall–Kier alpha value is -2.57. The van der Waals surface area contributed by atoms with E-state index in [-0.39, 0.29) is 11.8 Å². The average molecular weight is 370 g/mol. The topological polar surface area (TPSA) is 73.0 Å². The third-order valence-electron chi connectivity index (χ3n) is 5.94. The zero-order valence-corrected chi connectivity index (χ0v) is 15.5. The van der Waals surface area contributed by atoms with Gasteiger partial charge in [0.15, 0.2) is 0 Å². The Morgan fingerprint density at radius 3 is 2.11 bits per heavy atom. The van der Waals surface area contributed by atoms with Crippen molar-refractivity contribution >= 4 is 29.6 Å². The summed E-state index contributed by atoms with van der Waals surface area (Å²) in [5.74, 6) is -0.307. The third-order valence-corrected chi connectivity index (χ3v) is 5.94. The van der Waals surface area contributed by atoms with E-state index in [1.807, 2.05) is 24.3 Å². The van der Waals surface area contributed by atoms with Gasteiger partial charge in [0.2, 0.25) is 18.2 Å². The van der Waals surface area contributed by atoms with Crippen LogP contribution in [-0.4, -0.2) is 67.3 Å². The number of anilines is 2. The highest BCUT2D eigenvalue weighted by molar-refractivity contribution is 6.13. The fourth-order valence-electron chi connectivity index (χ4n) is 3.98. The fourth-order valence-corrected chi connectivity index (χ4v) is 3.98. The van der Waals surface area contributed by atoms with E-state index < -0.39 is 5.41 Å². The zero-order chi connectivity index (χ0) is 18.9. The first-order valence-corrected chi connectivity index (χ1v) is 9.78. The van der Waals surface area contributed by atoms with Gasteiger partial charge in [-0.3, -0.25) is 14.4 Å². The van der Waals surface area contributed by atoms with Crippen LogP contribution < -0.4 is 10.2 Å². The molecular formula is C20H26N4O3. The number of benzene rings is 1. The van der Waals surface area contributed by atoms with Crippen molar-refractivity contribution in [2.45, 2.75) is 25.7 Å². The highest BCUT2D eigenvalue weighted by Crippen LogP contribution is 2.48. The van der Waals surface area contributed by atoms with Crippen LogP contribution in [0.15, 0.2) is 24.3 Å². The van der Waals surface area contributed by atoms with Crippen LogP contribution in [0, 0.1) is 5.41 Å². The minimum absolute atomic E-state index is 0.0979. The highest BCUT2D eigenvalue weighted by Gasteiger charge is 2.58. The number of piperazine rings is 1. The van der Waals surface area contributed by atoms with E-state index in [1.54, 1.807) is 9.80 Å². The van der Waals surface area contributed by atoms with Crippen molar-refractivity contribution in [1.82, 2.24) is 9.80 Å². The Morgan fingerprint density at radius 2 is 1.56 bits per heavy atom. The van der Waals surface area contributed by atoms with Gasteiger partial charge < -0.3 is 20.0 Å². The summed E-state index contributed by atoms with van der Waals surface area (Å²) < 4.78 is 0. The number of nitrogens with one attached hydrogen (secondary N) is 1. The first-order chi connectivity index (χ1) is 13.1. The molecule has 2 heterocycles. The van der Waals surface area contributed by atoms with Crippen molar-refractivity contribution in [3.63, 3.8) is 0 Å². The summed E-state index contributed by atoms with van der Waals surface area (Å²) >= 11 is 0. The van der Waals surface area contributed by atoms with E-state index in [0.29, 0.717) is 39.0 Å². The molecule has 0 unspecified atom stereocenters. The van der Waals surface area contributed by atoms with Crippen LogP contribution in [-0.2, 0) is 14.4 Å². The van der Waals surface area contributed by atoms with Crippen molar-refractivity contribution in [3.8, 4) is 0 Å². The molecule has 3 fully saturated rings. The molecule has 3 aliphatic rings. The molecule has 0 aromatic heterocycles. The lowest BCUT2D eigenvalue weighted by atomic mass is 10.0. The molecule has 1 aromatic carbocycles. The first-order valence-electron chi connectivity index (χ1n) is 9.78. The maximum Gasteiger partial charge on any atom is 0.240 e. The molecule has 144 valence electrons. The van der Waals surface area contributed by atoms with E-state index >= 15 is 0 Å². The predicted molar refractivity (Wildman–Crippen MR) is 102 cm³/mol. The molecule has 0 radical (unpaired) electrons. The van der Waals surface area contributed by atoms with Gasteiger partial charge in [0.1, 0.15) is 5.41 Å². The molecule has 27 heavy (non-hydrogen) atoms. The second kappa shape index (κ2) is 7.21. The van der Waals surface area contributed by atoms with Crippen LogP contribution in [0.1, 0.15) is 25.7 Å². The summed E-state index contributed by atoms with van der Waals surface area (Å²) in [6.45, 7) is 4.23. The zero-order valence-electron chi connectivity index (χ0n) is 15.5. The monoisotopic (exact) mass is 370 g/mol. The molecule has 7 nitrogen and oxygen atoms in total. The van der Waals surface area contributed by atoms with E-state index in [9.17, 15) is 14.4 Å². The summed E-state index contributed by atoms with van der Waals surface area (Å²) in [4.78, 5) is 42.2. The predicted octanol–water partition coefficient (Wildman–Crippen LogP) is 1.31. The van der Waals surface area contributed by atoms with Gasteiger partial charge in [0, 0.05) is 50.6 Å². The molecule has 2 aliphatic heterocycles. The maximum atomic E-state index is 12.9. The van der Waals surface area contributed by atoms with Gasteiger partial charge in [-0.05, 0) is 49.9 Å². The number of rotatable bonds is 5. The van der Waals surface area contributed by atoms with E-state index in [1.165, 1.54) is 18.5 Å². The van der Waals surface area contributed by atoms with Gasteiger partial charge >= 0.3 is 0 Å². The molecule has 2 saturated heterocycles. The molecule has 1 saturated carbocycles. The van der Waals surface area contributed by atoms with Crippen molar-refractivity contribution < 1.29 is 14.4 Å². The Balaban J connectivity index is 1.37. The quantitative estimate of drug-likeness (QED) is 0.627. The smallest absolute Gasteiger partial charge is 0.240 e. The summed E-state index contributed by atoms with van der Waals surface area (Å²) in [5, 5.41) is 2.93. The largest absolute Gasteiger partial charge is 0.372 e. The SMILES string of the molecule is O=CN1CCN(C(=O)C2(C(=O)Nc3ccc(N4CCCC4)cc3)CC2)CC1. The number of hydrogen-bond donors (Lipinski definition) is 1. The lowest BCUT2D eigenvalue weighted by Gasteiger charge is -2.34. The molecule has 0 spiro atoms. The minimum atomic E-state index is -0.920. The Kier molecular flexibility index (Phi) is 4.76. The van der Waals surface area contributed by atoms with Gasteiger partial charge in [-0.1, -0.05) is 0 Å². The van der Waals surface area contributed by atoms with E-state index in [4.69, 9.17) is 0 Å². The number of carbonyl (C=O) groups is 3. The molecule has 0 atom stereocenters. The van der Waals surface area contributed by atoms with Crippen LogP contribution in [0.3, 0.4) is 0 Å². The van der Waals surface area contributed by atoms with Crippen molar-refractivity contribution in [1.29, 1.82) is 0 Å². The second-order valence-corrected chi connectivity index (χ2v) is 7.71. The molecule has 4 rings (SSSR count). The van der Waals surface area contributed by atoms with E-state index in [2.05, 4.69) is 10.2 Å². The van der Waals surface area contributed by atoms with Crippen LogP contribution in [0.4, 0.5) is 11.4 Å². The number of nitrogens with zero attached hydrogens (tertiary/aromatic N) is 3. The van der Waals surface area contributed by atoms with Crippen LogP contribution in [0.25, 0.3) is 0 Å². The van der Waals surface area contributed by atoms with Crippen LogP contribution in [0.5, 0.6) is 0 Å². The number of amides is 3. The summed E-state index contributed by atoms with van der Waals surface area (Å²) in [7, 11) is 0. The molecule has 7 heteroatoms. The summed E-state index contributed by atoms with van der Waals surface area (Å²) in [6, 6.07) is 7.88. The molecule has 0 bridgehead atoms. The van der Waals surface area contributed by atoms with Crippen molar-refractivity contribution in [2.75, 3.05) is 49.5 Å². The standard InChI is InChI=1S/C20H26N4O3/c25-15-22-11-13-24(14-12-22)19(27)20(7-8-20)18(26)21-16-3-5-17(6-4-16)23-9-1-2-10-23/h3-6,15H,1-2,7-14H2,(H,21,26). The van der Waals surface area contributed by atoms with Crippen molar-refractivity contribution in [2.24, 2.45) is 5.41 Å². The normalized spacial score (nSPS) is 21.1. The lowest BCUT2D eigenvalue weighted by Crippen LogP contribution is -2.52. The van der Waals surface area contributed by atoms with Crippen LogP contribution >= 0.6 is 0 Å². The Bertz CT molecular complexity index is 715. The molecule has 1 aromatic rings. The van der Waals surface area contributed by atoms with Crippen LogP contribution in [0.2, 0.25) is 0 Å². The Labute approximate surface area is 159 Å². The minimum Gasteiger partial charge on any atom is -0.372 e. The fraction of sp³-hybridized carbons (Fsp3) is 0.550. The van der Waals surface area contributed by atoms with Gasteiger partial charge in [0.25, 0.3) is 0 Å². The van der Waals surface area contributed by atoms with E-state index in [0.717, 1.165) is 25.2 Å². The number of carbonyl (C=O) groups excluding carboxylic acids is 3. The van der Waals surface area contributed by atoms with Gasteiger partial charge in [-0.2, -0.15) is 0 Å². The van der Waals surface area contributed by atoms with Crippen molar-refractivity contribution in [3.05, 3.63) is 24.3 Å². The lowest BCUT2D eigenvalue weighted by molar-refractivity contribution is -0.144. The average Bonchev–Trinajstić information content (AvgIpc) is 3.35. The molecule has 1 N–H and O–H groups in total. The Morgan fingerprint density at radius 1 is 0.926 bits per heavy atom. The second-order valence-electron chi connectivity index (χ2n) is 7.71. The van der Waals surface area contributed by atoms with Gasteiger partial charge in [-0.15, -0.1) is 0 Å². The first kappa shape index (κ1) is 17.8. The third kappa shape index (κ3) is 3.50. The summed E-state index contributed by atoms with van der Waals surface area (Å²) in [6.07, 6.45) is 4.45. The molecule has 1 aliphatic carbocycles.